The molecule has 0 aliphatic rings. The molecule has 0 aliphatic heterocycles. The Labute approximate surface area is 187 Å². The summed E-state index contributed by atoms with van der Waals surface area (Å²) in [7, 11) is 0. The Morgan fingerprint density at radius 2 is 1.68 bits per heavy atom. The number of nitrogens with one attached hydrogen (secondary N) is 1. The predicted molar refractivity (Wildman–Crippen MR) is 127 cm³/mol. The van der Waals surface area contributed by atoms with Crippen LogP contribution in [0.25, 0.3) is 16.9 Å². The predicted octanol–water partition coefficient (Wildman–Crippen LogP) is 6.63. The lowest BCUT2D eigenvalue weighted by Gasteiger charge is -2.16. The topological polar surface area (TPSA) is 46.9 Å². The Balaban J connectivity index is 1.71. The Morgan fingerprint density at radius 3 is 2.32 bits per heavy atom. The number of amides is 1. The van der Waals surface area contributed by atoms with E-state index in [2.05, 4.69) is 5.32 Å². The Morgan fingerprint density at radius 1 is 1.00 bits per heavy atom. The van der Waals surface area contributed by atoms with E-state index in [4.69, 9.17) is 16.7 Å². The van der Waals surface area contributed by atoms with Crippen LogP contribution in [0.1, 0.15) is 30.4 Å². The molecule has 1 heterocycles. The van der Waals surface area contributed by atoms with Crippen LogP contribution < -0.4 is 5.32 Å². The van der Waals surface area contributed by atoms with Crippen LogP contribution in [0, 0.1) is 6.92 Å². The zero-order valence-corrected chi connectivity index (χ0v) is 18.3. The molecule has 0 saturated heterocycles. The summed E-state index contributed by atoms with van der Waals surface area (Å²) in [6.07, 6.45) is 0.707. The molecule has 3 aromatic carbocycles. The maximum absolute atomic E-state index is 13.2. The quantitative estimate of drug-likeness (QED) is 0.373. The van der Waals surface area contributed by atoms with Crippen molar-refractivity contribution in [2.75, 3.05) is 5.32 Å². The first-order valence-corrected chi connectivity index (χ1v) is 10.7. The largest absolute Gasteiger partial charge is 0.310 e. The highest BCUT2D eigenvalue weighted by Gasteiger charge is 2.21. The zero-order chi connectivity index (χ0) is 21.8. The number of aryl methyl sites for hydroxylation is 1. The van der Waals surface area contributed by atoms with Crippen LogP contribution in [0.3, 0.4) is 0 Å². The highest BCUT2D eigenvalue weighted by molar-refractivity contribution is 6.30. The molecule has 1 atom stereocenters. The van der Waals surface area contributed by atoms with E-state index in [0.29, 0.717) is 17.3 Å². The molecule has 0 aliphatic carbocycles. The third kappa shape index (κ3) is 4.70. The highest BCUT2D eigenvalue weighted by atomic mass is 35.5. The maximum atomic E-state index is 13.2. The minimum atomic E-state index is -0.235. The van der Waals surface area contributed by atoms with E-state index in [1.165, 1.54) is 0 Å². The third-order valence-electron chi connectivity index (χ3n) is 5.31. The summed E-state index contributed by atoms with van der Waals surface area (Å²) in [5.74, 6) is 0.347. The number of hydrogen-bond donors (Lipinski definition) is 1. The molecule has 4 nitrogen and oxygen atoms in total. The molecule has 0 spiro atoms. The van der Waals surface area contributed by atoms with Gasteiger partial charge in [-0.1, -0.05) is 78.7 Å². The lowest BCUT2D eigenvalue weighted by atomic mass is 9.96. The number of aromatic nitrogens is 2. The van der Waals surface area contributed by atoms with Crippen LogP contribution in [0.5, 0.6) is 0 Å². The summed E-state index contributed by atoms with van der Waals surface area (Å²) in [5.41, 5.74) is 4.74. The van der Waals surface area contributed by atoms with Crippen LogP contribution in [-0.2, 0) is 4.79 Å². The van der Waals surface area contributed by atoms with Crippen LogP contribution in [-0.4, -0.2) is 15.7 Å². The fourth-order valence-corrected chi connectivity index (χ4v) is 3.71. The van der Waals surface area contributed by atoms with Gasteiger partial charge in [-0.25, -0.2) is 4.68 Å². The van der Waals surface area contributed by atoms with E-state index < -0.39 is 0 Å². The van der Waals surface area contributed by atoms with Crippen molar-refractivity contribution in [2.24, 2.45) is 0 Å². The fourth-order valence-electron chi connectivity index (χ4n) is 3.59. The molecule has 0 radical (unpaired) electrons. The Hall–Kier alpha value is -3.37. The number of halogens is 1. The van der Waals surface area contributed by atoms with Crippen molar-refractivity contribution in [3.05, 3.63) is 101 Å². The van der Waals surface area contributed by atoms with Gasteiger partial charge in [0.25, 0.3) is 0 Å². The molecule has 156 valence electrons. The number of nitrogens with zero attached hydrogens (tertiary/aromatic N) is 2. The molecule has 1 aromatic heterocycles. The van der Waals surface area contributed by atoms with E-state index in [1.54, 1.807) is 4.68 Å². The average molecular weight is 430 g/mol. The highest BCUT2D eigenvalue weighted by Crippen LogP contribution is 2.28. The summed E-state index contributed by atoms with van der Waals surface area (Å²) in [6.45, 7) is 4.06. The summed E-state index contributed by atoms with van der Waals surface area (Å²) < 4.78 is 1.78. The molecule has 1 amide bonds. The van der Waals surface area contributed by atoms with Gasteiger partial charge in [-0.15, -0.1) is 0 Å². The van der Waals surface area contributed by atoms with Gasteiger partial charge in [-0.3, -0.25) is 4.79 Å². The normalized spacial score (nSPS) is 11.8. The molecule has 5 heteroatoms. The van der Waals surface area contributed by atoms with Crippen molar-refractivity contribution in [2.45, 2.75) is 26.2 Å². The van der Waals surface area contributed by atoms with Crippen LogP contribution in [0.4, 0.5) is 5.82 Å². The maximum Gasteiger partial charge on any atom is 0.233 e. The van der Waals surface area contributed by atoms with Crippen molar-refractivity contribution in [1.29, 1.82) is 0 Å². The van der Waals surface area contributed by atoms with E-state index in [1.807, 2.05) is 98.8 Å². The fraction of sp³-hybridized carbons (Fsp3) is 0.154. The van der Waals surface area contributed by atoms with Gasteiger partial charge in [0.05, 0.1) is 17.3 Å². The second kappa shape index (κ2) is 9.19. The van der Waals surface area contributed by atoms with Gasteiger partial charge < -0.3 is 5.32 Å². The number of rotatable bonds is 6. The minimum Gasteiger partial charge on any atom is -0.310 e. The number of benzene rings is 3. The van der Waals surface area contributed by atoms with E-state index in [-0.39, 0.29) is 11.8 Å². The molecular weight excluding hydrogens is 406 g/mol. The molecule has 4 aromatic rings. The van der Waals surface area contributed by atoms with Crippen molar-refractivity contribution < 1.29 is 4.79 Å². The standard InChI is InChI=1S/C26H24ClN3O/c1-3-23(19-7-5-4-6-8-19)26(31)28-25-17-24(20-11-13-21(27)14-12-20)29-30(25)22-15-9-18(2)10-16-22/h4-17,23H,3H2,1-2H3,(H,28,31). The van der Waals surface area contributed by atoms with E-state index in [0.717, 1.165) is 28.1 Å². The van der Waals surface area contributed by atoms with Crippen LogP contribution >= 0.6 is 11.6 Å². The van der Waals surface area contributed by atoms with Crippen molar-refractivity contribution in [1.82, 2.24) is 9.78 Å². The lowest BCUT2D eigenvalue weighted by molar-refractivity contribution is -0.117. The van der Waals surface area contributed by atoms with Gasteiger partial charge in [0.2, 0.25) is 5.91 Å². The van der Waals surface area contributed by atoms with Crippen molar-refractivity contribution in [3.63, 3.8) is 0 Å². The molecular formula is C26H24ClN3O. The van der Waals surface area contributed by atoms with Gasteiger partial charge in [0, 0.05) is 16.7 Å². The lowest BCUT2D eigenvalue weighted by Crippen LogP contribution is -2.22. The number of carbonyl (C=O) groups excluding carboxylic acids is 1. The SMILES string of the molecule is CCC(C(=O)Nc1cc(-c2ccc(Cl)cc2)nn1-c1ccc(C)cc1)c1ccccc1. The molecule has 1 N–H and O–H groups in total. The Kier molecular flexibility index (Phi) is 6.19. The molecule has 0 saturated carbocycles. The second-order valence-corrected chi connectivity index (χ2v) is 7.97. The molecule has 4 rings (SSSR count). The number of hydrogen-bond acceptors (Lipinski definition) is 2. The van der Waals surface area contributed by atoms with Gasteiger partial charge in [0.15, 0.2) is 0 Å². The number of anilines is 1. The molecule has 1 unspecified atom stereocenters. The third-order valence-corrected chi connectivity index (χ3v) is 5.56. The summed E-state index contributed by atoms with van der Waals surface area (Å²) in [6, 6.07) is 27.3. The first kappa shape index (κ1) is 20.9. The number of carbonyl (C=O) groups is 1. The first-order chi connectivity index (χ1) is 15.0. The first-order valence-electron chi connectivity index (χ1n) is 10.3. The average Bonchev–Trinajstić information content (AvgIpc) is 3.19. The molecule has 0 fully saturated rings. The molecule has 0 bridgehead atoms. The van der Waals surface area contributed by atoms with Crippen molar-refractivity contribution in [3.8, 4) is 16.9 Å². The second-order valence-electron chi connectivity index (χ2n) is 7.53. The molecule has 31 heavy (non-hydrogen) atoms. The zero-order valence-electron chi connectivity index (χ0n) is 17.5. The monoisotopic (exact) mass is 429 g/mol. The Bertz CT molecular complexity index is 1170. The van der Waals surface area contributed by atoms with E-state index in [9.17, 15) is 4.79 Å². The minimum absolute atomic E-state index is 0.0513. The summed E-state index contributed by atoms with van der Waals surface area (Å²) >= 11 is 6.04. The summed E-state index contributed by atoms with van der Waals surface area (Å²) in [4.78, 5) is 13.2. The smallest absolute Gasteiger partial charge is 0.233 e. The van der Waals surface area contributed by atoms with Crippen molar-refractivity contribution >= 4 is 23.3 Å². The van der Waals surface area contributed by atoms with Gasteiger partial charge in [-0.2, -0.15) is 5.10 Å². The van der Waals surface area contributed by atoms with Gasteiger partial charge in [0.1, 0.15) is 5.82 Å². The van der Waals surface area contributed by atoms with Gasteiger partial charge in [-0.05, 0) is 43.2 Å². The van der Waals surface area contributed by atoms with E-state index >= 15 is 0 Å². The van der Waals surface area contributed by atoms with Gasteiger partial charge >= 0.3 is 0 Å². The van der Waals surface area contributed by atoms with Crippen LogP contribution in [0.2, 0.25) is 5.02 Å². The van der Waals surface area contributed by atoms with Crippen LogP contribution in [0.15, 0.2) is 84.9 Å². The summed E-state index contributed by atoms with van der Waals surface area (Å²) in [5, 5.41) is 8.56.